The molecular weight excluding hydrogens is 322 g/mol. The Bertz CT molecular complexity index is 606. The molecule has 100 valence electrons. The number of hydrogen-bond donors (Lipinski definition) is 1. The lowest BCUT2D eigenvalue weighted by Crippen LogP contribution is -2.26. The third-order valence-electron chi connectivity index (χ3n) is 2.98. The second kappa shape index (κ2) is 5.88. The molecule has 2 rings (SSSR count). The zero-order chi connectivity index (χ0) is 14.0. The van der Waals surface area contributed by atoms with Crippen LogP contribution < -0.4 is 5.32 Å². The molecule has 0 saturated heterocycles. The standard InChI is InChI=1S/C15H16BrNOS/c1-9-4-6-12(16)8-13(9)15(18)17-11(3)14-7-5-10(2)19-14/h4-8,11H,1-3H3,(H,17,18). The maximum absolute atomic E-state index is 12.3. The van der Waals surface area contributed by atoms with Crippen LogP contribution in [0.15, 0.2) is 34.8 Å². The Labute approximate surface area is 126 Å². The number of benzene rings is 1. The van der Waals surface area contributed by atoms with Gasteiger partial charge in [0, 0.05) is 19.8 Å². The number of thiophene rings is 1. The molecule has 1 unspecified atom stereocenters. The summed E-state index contributed by atoms with van der Waals surface area (Å²) in [5, 5.41) is 3.04. The molecule has 1 heterocycles. The average molecular weight is 338 g/mol. The summed E-state index contributed by atoms with van der Waals surface area (Å²) < 4.78 is 0.919. The van der Waals surface area contributed by atoms with Crippen LogP contribution in [0, 0.1) is 13.8 Å². The number of halogens is 1. The highest BCUT2D eigenvalue weighted by molar-refractivity contribution is 9.10. The van der Waals surface area contributed by atoms with E-state index in [0.717, 1.165) is 15.6 Å². The summed E-state index contributed by atoms with van der Waals surface area (Å²) in [4.78, 5) is 14.7. The Morgan fingerprint density at radius 1 is 1.26 bits per heavy atom. The van der Waals surface area contributed by atoms with Crippen molar-refractivity contribution in [3.63, 3.8) is 0 Å². The van der Waals surface area contributed by atoms with Gasteiger partial charge in [0.15, 0.2) is 0 Å². The van der Waals surface area contributed by atoms with Crippen LogP contribution in [-0.4, -0.2) is 5.91 Å². The number of nitrogens with one attached hydrogen (secondary N) is 1. The lowest BCUT2D eigenvalue weighted by atomic mass is 10.1. The van der Waals surface area contributed by atoms with Crippen molar-refractivity contribution in [3.05, 3.63) is 55.7 Å². The molecule has 1 aromatic heterocycles. The van der Waals surface area contributed by atoms with E-state index in [-0.39, 0.29) is 11.9 Å². The average Bonchev–Trinajstić information content (AvgIpc) is 2.79. The van der Waals surface area contributed by atoms with E-state index >= 15 is 0 Å². The molecule has 0 aliphatic rings. The van der Waals surface area contributed by atoms with E-state index < -0.39 is 0 Å². The largest absolute Gasteiger partial charge is 0.345 e. The molecule has 0 spiro atoms. The second-order valence-electron chi connectivity index (χ2n) is 4.60. The fourth-order valence-corrected chi connectivity index (χ4v) is 3.11. The fourth-order valence-electron chi connectivity index (χ4n) is 1.87. The summed E-state index contributed by atoms with van der Waals surface area (Å²) in [6.07, 6.45) is 0. The molecule has 0 saturated carbocycles. The van der Waals surface area contributed by atoms with Crippen LogP contribution in [0.2, 0.25) is 0 Å². The molecule has 1 atom stereocenters. The number of hydrogen-bond acceptors (Lipinski definition) is 2. The minimum atomic E-state index is -0.0302. The zero-order valence-corrected chi connectivity index (χ0v) is 13.6. The zero-order valence-electron chi connectivity index (χ0n) is 11.2. The predicted octanol–water partition coefficient (Wildman–Crippen LogP) is 4.62. The van der Waals surface area contributed by atoms with Crippen LogP contribution in [0.25, 0.3) is 0 Å². The molecule has 19 heavy (non-hydrogen) atoms. The highest BCUT2D eigenvalue weighted by Crippen LogP contribution is 2.23. The van der Waals surface area contributed by atoms with Crippen molar-refractivity contribution >= 4 is 33.2 Å². The molecule has 0 fully saturated rings. The van der Waals surface area contributed by atoms with Crippen LogP contribution in [0.5, 0.6) is 0 Å². The Morgan fingerprint density at radius 3 is 2.63 bits per heavy atom. The maximum Gasteiger partial charge on any atom is 0.252 e. The van der Waals surface area contributed by atoms with Gasteiger partial charge in [-0.1, -0.05) is 22.0 Å². The molecule has 1 N–H and O–H groups in total. The van der Waals surface area contributed by atoms with Gasteiger partial charge in [-0.15, -0.1) is 11.3 Å². The van der Waals surface area contributed by atoms with Gasteiger partial charge in [-0.25, -0.2) is 0 Å². The van der Waals surface area contributed by atoms with E-state index in [9.17, 15) is 4.79 Å². The Kier molecular flexibility index (Phi) is 4.42. The first-order valence-corrected chi connectivity index (χ1v) is 7.71. The lowest BCUT2D eigenvalue weighted by Gasteiger charge is -2.13. The number of carbonyl (C=O) groups is 1. The van der Waals surface area contributed by atoms with Crippen LogP contribution in [-0.2, 0) is 0 Å². The van der Waals surface area contributed by atoms with Gasteiger partial charge < -0.3 is 5.32 Å². The molecule has 2 nitrogen and oxygen atoms in total. The molecule has 0 bridgehead atoms. The predicted molar refractivity (Wildman–Crippen MR) is 83.8 cm³/mol. The van der Waals surface area contributed by atoms with Gasteiger partial charge in [0.2, 0.25) is 0 Å². The monoisotopic (exact) mass is 337 g/mol. The number of amides is 1. The van der Waals surface area contributed by atoms with Gasteiger partial charge in [0.25, 0.3) is 5.91 Å². The third kappa shape index (κ3) is 3.45. The first-order chi connectivity index (χ1) is 8.97. The minimum absolute atomic E-state index is 0.0302. The van der Waals surface area contributed by atoms with Crippen molar-refractivity contribution in [3.8, 4) is 0 Å². The van der Waals surface area contributed by atoms with Crippen molar-refractivity contribution in [2.75, 3.05) is 0 Å². The number of carbonyl (C=O) groups excluding carboxylic acids is 1. The lowest BCUT2D eigenvalue weighted by molar-refractivity contribution is 0.0940. The highest BCUT2D eigenvalue weighted by atomic mass is 79.9. The quantitative estimate of drug-likeness (QED) is 0.869. The Morgan fingerprint density at radius 2 is 2.00 bits per heavy atom. The smallest absolute Gasteiger partial charge is 0.252 e. The second-order valence-corrected chi connectivity index (χ2v) is 6.84. The van der Waals surface area contributed by atoms with Gasteiger partial charge in [0.05, 0.1) is 6.04 Å². The van der Waals surface area contributed by atoms with Crippen molar-refractivity contribution < 1.29 is 4.79 Å². The van der Waals surface area contributed by atoms with E-state index in [1.807, 2.05) is 32.0 Å². The van der Waals surface area contributed by atoms with E-state index in [0.29, 0.717) is 0 Å². The first kappa shape index (κ1) is 14.3. The van der Waals surface area contributed by atoms with Gasteiger partial charge in [0.1, 0.15) is 0 Å². The van der Waals surface area contributed by atoms with Gasteiger partial charge in [-0.2, -0.15) is 0 Å². The van der Waals surface area contributed by atoms with Crippen molar-refractivity contribution in [2.45, 2.75) is 26.8 Å². The molecular formula is C15H16BrNOS. The van der Waals surface area contributed by atoms with E-state index in [1.165, 1.54) is 9.75 Å². The van der Waals surface area contributed by atoms with Crippen molar-refractivity contribution in [1.29, 1.82) is 0 Å². The van der Waals surface area contributed by atoms with Crippen LogP contribution >= 0.6 is 27.3 Å². The Hall–Kier alpha value is -1.13. The Balaban J connectivity index is 2.15. The fraction of sp³-hybridized carbons (Fsp3) is 0.267. The van der Waals surface area contributed by atoms with E-state index in [1.54, 1.807) is 11.3 Å². The van der Waals surface area contributed by atoms with Crippen molar-refractivity contribution in [1.82, 2.24) is 5.32 Å². The molecule has 1 amide bonds. The SMILES string of the molecule is Cc1ccc(C(C)NC(=O)c2cc(Br)ccc2C)s1. The van der Waals surface area contributed by atoms with Gasteiger partial charge in [-0.05, 0) is 50.6 Å². The summed E-state index contributed by atoms with van der Waals surface area (Å²) in [5.74, 6) is -0.0302. The van der Waals surface area contributed by atoms with Crippen LogP contribution in [0.4, 0.5) is 0 Å². The third-order valence-corrected chi connectivity index (χ3v) is 4.66. The molecule has 1 aromatic carbocycles. The van der Waals surface area contributed by atoms with E-state index in [2.05, 4.69) is 40.3 Å². The highest BCUT2D eigenvalue weighted by Gasteiger charge is 2.14. The number of rotatable bonds is 3. The minimum Gasteiger partial charge on any atom is -0.345 e. The van der Waals surface area contributed by atoms with Crippen LogP contribution in [0.3, 0.4) is 0 Å². The molecule has 0 radical (unpaired) electrons. The molecule has 4 heteroatoms. The van der Waals surface area contributed by atoms with Gasteiger partial charge in [-0.3, -0.25) is 4.79 Å². The molecule has 2 aromatic rings. The summed E-state index contributed by atoms with van der Waals surface area (Å²) in [5.41, 5.74) is 1.70. The molecule has 0 aliphatic heterocycles. The van der Waals surface area contributed by atoms with Gasteiger partial charge >= 0.3 is 0 Å². The first-order valence-electron chi connectivity index (χ1n) is 6.10. The van der Waals surface area contributed by atoms with E-state index in [4.69, 9.17) is 0 Å². The topological polar surface area (TPSA) is 29.1 Å². The van der Waals surface area contributed by atoms with Crippen LogP contribution in [0.1, 0.15) is 38.6 Å². The summed E-state index contributed by atoms with van der Waals surface area (Å²) in [6.45, 7) is 6.03. The summed E-state index contributed by atoms with van der Waals surface area (Å²) in [6, 6.07) is 9.92. The summed E-state index contributed by atoms with van der Waals surface area (Å²) >= 11 is 5.12. The number of aryl methyl sites for hydroxylation is 2. The normalized spacial score (nSPS) is 12.2. The maximum atomic E-state index is 12.3. The summed E-state index contributed by atoms with van der Waals surface area (Å²) in [7, 11) is 0. The van der Waals surface area contributed by atoms with Crippen molar-refractivity contribution in [2.24, 2.45) is 0 Å². The molecule has 0 aliphatic carbocycles.